The third kappa shape index (κ3) is 6.15. The Morgan fingerprint density at radius 1 is 1.27 bits per heavy atom. The van der Waals surface area contributed by atoms with Gasteiger partial charge in [-0.2, -0.15) is 0 Å². The molecule has 1 aromatic rings. The molecule has 0 atom stereocenters. The van der Waals surface area contributed by atoms with Crippen LogP contribution in [0.3, 0.4) is 0 Å². The van der Waals surface area contributed by atoms with Gasteiger partial charge in [-0.3, -0.25) is 9.59 Å². The zero-order valence-electron chi connectivity index (χ0n) is 13.3. The topological polar surface area (TPSA) is 49.4 Å². The SMILES string of the molecule is CCN(CC)CCNC(=O)CSc1ccc(C(C)=O)cc1F. The number of carbonyl (C=O) groups is 2. The average Bonchev–Trinajstić information content (AvgIpc) is 2.50. The van der Waals surface area contributed by atoms with Gasteiger partial charge in [0.1, 0.15) is 5.82 Å². The van der Waals surface area contributed by atoms with Gasteiger partial charge in [-0.05, 0) is 32.1 Å². The second kappa shape index (κ2) is 9.58. The molecular weight excluding hydrogens is 303 g/mol. The van der Waals surface area contributed by atoms with E-state index in [1.165, 1.54) is 13.0 Å². The number of rotatable bonds is 9. The van der Waals surface area contributed by atoms with Crippen molar-refractivity contribution in [3.8, 4) is 0 Å². The minimum atomic E-state index is -0.464. The molecule has 1 N–H and O–H groups in total. The average molecular weight is 326 g/mol. The largest absolute Gasteiger partial charge is 0.354 e. The van der Waals surface area contributed by atoms with E-state index < -0.39 is 5.82 Å². The molecule has 0 aliphatic heterocycles. The predicted octanol–water partition coefficient (Wildman–Crippen LogP) is 2.58. The van der Waals surface area contributed by atoms with E-state index in [2.05, 4.69) is 24.1 Å². The standard InChI is InChI=1S/C16H23FN2O2S/c1-4-19(5-2)9-8-18-16(21)11-22-15-7-6-13(12(3)20)10-14(15)17/h6-7,10H,4-5,8-9,11H2,1-3H3,(H,18,21). The molecule has 0 aliphatic rings. The van der Waals surface area contributed by atoms with Gasteiger partial charge in [0, 0.05) is 23.5 Å². The van der Waals surface area contributed by atoms with Gasteiger partial charge >= 0.3 is 0 Å². The van der Waals surface area contributed by atoms with Crippen LogP contribution in [-0.4, -0.2) is 48.5 Å². The van der Waals surface area contributed by atoms with Gasteiger partial charge in [-0.25, -0.2) is 4.39 Å². The summed E-state index contributed by atoms with van der Waals surface area (Å²) < 4.78 is 13.8. The Morgan fingerprint density at radius 2 is 1.95 bits per heavy atom. The number of halogens is 1. The van der Waals surface area contributed by atoms with Crippen LogP contribution >= 0.6 is 11.8 Å². The maximum Gasteiger partial charge on any atom is 0.230 e. The highest BCUT2D eigenvalue weighted by atomic mass is 32.2. The summed E-state index contributed by atoms with van der Waals surface area (Å²) in [6.07, 6.45) is 0. The number of thioether (sulfide) groups is 1. The lowest BCUT2D eigenvalue weighted by atomic mass is 10.1. The molecule has 0 spiro atoms. The van der Waals surface area contributed by atoms with E-state index in [1.54, 1.807) is 12.1 Å². The molecule has 1 amide bonds. The summed E-state index contributed by atoms with van der Waals surface area (Å²) in [6.45, 7) is 8.86. The van der Waals surface area contributed by atoms with Crippen molar-refractivity contribution in [3.63, 3.8) is 0 Å². The zero-order chi connectivity index (χ0) is 16.5. The number of hydrogen-bond donors (Lipinski definition) is 1. The predicted molar refractivity (Wildman–Crippen MR) is 87.9 cm³/mol. The fourth-order valence-electron chi connectivity index (χ4n) is 1.92. The highest BCUT2D eigenvalue weighted by molar-refractivity contribution is 8.00. The fourth-order valence-corrected chi connectivity index (χ4v) is 2.67. The van der Waals surface area contributed by atoms with Crippen LogP contribution in [0.5, 0.6) is 0 Å². The molecular formula is C16H23FN2O2S. The van der Waals surface area contributed by atoms with Gasteiger partial charge in [0.2, 0.25) is 5.91 Å². The number of nitrogens with one attached hydrogen (secondary N) is 1. The van der Waals surface area contributed by atoms with Gasteiger partial charge in [0.05, 0.1) is 5.75 Å². The monoisotopic (exact) mass is 326 g/mol. The molecule has 1 rings (SSSR count). The molecule has 6 heteroatoms. The van der Waals surface area contributed by atoms with Crippen molar-refractivity contribution in [1.82, 2.24) is 10.2 Å². The Labute approximate surface area is 135 Å². The normalized spacial score (nSPS) is 10.8. The molecule has 0 saturated carbocycles. The van der Waals surface area contributed by atoms with E-state index in [4.69, 9.17) is 0 Å². The summed E-state index contributed by atoms with van der Waals surface area (Å²) in [5.41, 5.74) is 0.338. The van der Waals surface area contributed by atoms with Crippen molar-refractivity contribution in [1.29, 1.82) is 0 Å². The van der Waals surface area contributed by atoms with Crippen LogP contribution in [-0.2, 0) is 4.79 Å². The Hall–Kier alpha value is -1.40. The third-order valence-electron chi connectivity index (χ3n) is 3.34. The first-order valence-corrected chi connectivity index (χ1v) is 8.38. The van der Waals surface area contributed by atoms with Crippen molar-refractivity contribution in [2.45, 2.75) is 25.7 Å². The molecule has 0 bridgehead atoms. The number of amides is 1. The summed E-state index contributed by atoms with van der Waals surface area (Å²) in [5, 5.41) is 2.82. The molecule has 0 fully saturated rings. The van der Waals surface area contributed by atoms with Crippen molar-refractivity contribution in [2.24, 2.45) is 0 Å². The van der Waals surface area contributed by atoms with Crippen LogP contribution in [0.2, 0.25) is 0 Å². The van der Waals surface area contributed by atoms with Crippen LogP contribution in [0.15, 0.2) is 23.1 Å². The first-order chi connectivity index (χ1) is 10.5. The molecule has 0 saturated heterocycles. The summed E-state index contributed by atoms with van der Waals surface area (Å²) in [7, 11) is 0. The molecule has 4 nitrogen and oxygen atoms in total. The number of ketones is 1. The highest BCUT2D eigenvalue weighted by Gasteiger charge is 2.09. The Morgan fingerprint density at radius 3 is 2.50 bits per heavy atom. The number of carbonyl (C=O) groups excluding carboxylic acids is 2. The van der Waals surface area contributed by atoms with Crippen molar-refractivity contribution in [2.75, 3.05) is 31.9 Å². The van der Waals surface area contributed by atoms with E-state index >= 15 is 0 Å². The maximum atomic E-state index is 13.8. The zero-order valence-corrected chi connectivity index (χ0v) is 14.1. The summed E-state index contributed by atoms with van der Waals surface area (Å²) in [6, 6.07) is 4.33. The lowest BCUT2D eigenvalue weighted by molar-refractivity contribution is -0.118. The van der Waals surface area contributed by atoms with Gasteiger partial charge in [0.15, 0.2) is 5.78 Å². The van der Waals surface area contributed by atoms with Crippen molar-refractivity contribution >= 4 is 23.5 Å². The summed E-state index contributed by atoms with van der Waals surface area (Å²) >= 11 is 1.13. The van der Waals surface area contributed by atoms with E-state index in [0.717, 1.165) is 31.4 Å². The van der Waals surface area contributed by atoms with Gasteiger partial charge in [-0.1, -0.05) is 19.9 Å². The van der Waals surface area contributed by atoms with Crippen molar-refractivity contribution < 1.29 is 14.0 Å². The van der Waals surface area contributed by atoms with Gasteiger partial charge in [-0.15, -0.1) is 11.8 Å². The number of benzene rings is 1. The third-order valence-corrected chi connectivity index (χ3v) is 4.39. The minimum Gasteiger partial charge on any atom is -0.354 e. The second-order valence-corrected chi connectivity index (χ2v) is 5.88. The van der Waals surface area contributed by atoms with E-state index in [1.807, 2.05) is 0 Å². The van der Waals surface area contributed by atoms with E-state index in [9.17, 15) is 14.0 Å². The number of nitrogens with zero attached hydrogens (tertiary/aromatic N) is 1. The summed E-state index contributed by atoms with van der Waals surface area (Å²) in [4.78, 5) is 25.5. The highest BCUT2D eigenvalue weighted by Crippen LogP contribution is 2.22. The fraction of sp³-hybridized carbons (Fsp3) is 0.500. The molecule has 122 valence electrons. The molecule has 0 aromatic heterocycles. The van der Waals surface area contributed by atoms with Crippen LogP contribution in [0.1, 0.15) is 31.1 Å². The van der Waals surface area contributed by atoms with Gasteiger partial charge < -0.3 is 10.2 Å². The first kappa shape index (κ1) is 18.6. The number of likely N-dealkylation sites (N-methyl/N-ethyl adjacent to an activating group) is 1. The summed E-state index contributed by atoms with van der Waals surface area (Å²) in [5.74, 6) is -0.598. The van der Waals surface area contributed by atoms with Crippen LogP contribution in [0, 0.1) is 5.82 Å². The Kier molecular flexibility index (Phi) is 8.12. The number of Topliss-reactive ketones (excluding diaryl/α,β-unsaturated/α-hetero) is 1. The second-order valence-electron chi connectivity index (χ2n) is 4.87. The smallest absolute Gasteiger partial charge is 0.230 e. The molecule has 0 aliphatic carbocycles. The molecule has 0 radical (unpaired) electrons. The minimum absolute atomic E-state index is 0.118. The van der Waals surface area contributed by atoms with E-state index in [0.29, 0.717) is 17.0 Å². The lowest BCUT2D eigenvalue weighted by Gasteiger charge is -2.17. The lowest BCUT2D eigenvalue weighted by Crippen LogP contribution is -2.35. The van der Waals surface area contributed by atoms with Crippen molar-refractivity contribution in [3.05, 3.63) is 29.6 Å². The van der Waals surface area contributed by atoms with Crippen LogP contribution < -0.4 is 5.32 Å². The number of hydrogen-bond acceptors (Lipinski definition) is 4. The molecule has 22 heavy (non-hydrogen) atoms. The maximum absolute atomic E-state index is 13.8. The molecule has 1 aromatic carbocycles. The molecule has 0 unspecified atom stereocenters. The van der Waals surface area contributed by atoms with E-state index in [-0.39, 0.29) is 17.4 Å². The Bertz CT molecular complexity index is 519. The Balaban J connectivity index is 2.39. The molecule has 0 heterocycles. The quantitative estimate of drug-likeness (QED) is 0.560. The van der Waals surface area contributed by atoms with Gasteiger partial charge in [0.25, 0.3) is 0 Å². The first-order valence-electron chi connectivity index (χ1n) is 7.40. The van der Waals surface area contributed by atoms with Crippen LogP contribution in [0.4, 0.5) is 4.39 Å². The van der Waals surface area contributed by atoms with Crippen LogP contribution in [0.25, 0.3) is 0 Å².